The average Bonchev–Trinajstić information content (AvgIpc) is 3.56. The largest absolute Gasteiger partial charge is 0.468 e. The summed E-state index contributed by atoms with van der Waals surface area (Å²) >= 11 is 0. The maximum atomic E-state index is 11.9. The third kappa shape index (κ3) is 6.48. The molecule has 1 unspecified atom stereocenters. The van der Waals surface area contributed by atoms with Gasteiger partial charge < -0.3 is 20.0 Å². The van der Waals surface area contributed by atoms with Crippen molar-refractivity contribution in [1.82, 2.24) is 20.4 Å². The molecule has 2 aliphatic heterocycles. The Kier molecular flexibility index (Phi) is 9.40. The quantitative estimate of drug-likeness (QED) is 0.299. The molecule has 2 saturated heterocycles. The minimum Gasteiger partial charge on any atom is -0.468 e. The van der Waals surface area contributed by atoms with Crippen LogP contribution in [0.2, 0.25) is 0 Å². The Labute approximate surface area is 207 Å². The molecule has 32 heavy (non-hydrogen) atoms. The highest BCUT2D eigenvalue weighted by molar-refractivity contribution is 14.0. The number of nitrogens with one attached hydrogen (secondary N) is 2. The van der Waals surface area contributed by atoms with E-state index in [0.29, 0.717) is 19.5 Å². The number of benzene rings is 1. The molecule has 7 nitrogen and oxygen atoms in total. The number of likely N-dealkylation sites (tertiary alicyclic amines) is 2. The van der Waals surface area contributed by atoms with Crippen LogP contribution in [0.4, 0.5) is 0 Å². The first kappa shape index (κ1) is 24.6. The number of furan rings is 1. The summed E-state index contributed by atoms with van der Waals surface area (Å²) in [7, 11) is 1.79. The molecule has 0 spiro atoms. The monoisotopic (exact) mass is 551 g/mol. The molecule has 2 aliphatic rings. The fraction of sp³-hybridized carbons (Fsp3) is 0.500. The first-order valence-electron chi connectivity index (χ1n) is 11.3. The Morgan fingerprint density at radius 3 is 2.59 bits per heavy atom. The summed E-state index contributed by atoms with van der Waals surface area (Å²) in [5.41, 5.74) is 2.35. The zero-order valence-electron chi connectivity index (χ0n) is 18.8. The lowest BCUT2D eigenvalue weighted by Gasteiger charge is -2.26. The molecule has 3 heterocycles. The van der Waals surface area contributed by atoms with E-state index in [1.165, 1.54) is 24.0 Å². The highest BCUT2D eigenvalue weighted by Gasteiger charge is 2.25. The van der Waals surface area contributed by atoms with Gasteiger partial charge in [0.25, 0.3) is 0 Å². The van der Waals surface area contributed by atoms with E-state index >= 15 is 0 Å². The first-order chi connectivity index (χ1) is 15.2. The van der Waals surface area contributed by atoms with Crippen LogP contribution in [-0.2, 0) is 17.9 Å². The van der Waals surface area contributed by atoms with Gasteiger partial charge in [-0.3, -0.25) is 14.7 Å². The van der Waals surface area contributed by atoms with Gasteiger partial charge in [-0.25, -0.2) is 0 Å². The molecule has 1 atom stereocenters. The number of hydrogen-bond donors (Lipinski definition) is 2. The Bertz CT molecular complexity index is 880. The van der Waals surface area contributed by atoms with Crippen LogP contribution in [0, 0.1) is 0 Å². The second-order valence-electron chi connectivity index (χ2n) is 8.32. The van der Waals surface area contributed by atoms with Gasteiger partial charge in [0, 0.05) is 39.6 Å². The fourth-order valence-electron chi connectivity index (χ4n) is 4.47. The van der Waals surface area contributed by atoms with E-state index in [4.69, 9.17) is 4.42 Å². The topological polar surface area (TPSA) is 73.1 Å². The molecule has 4 rings (SSSR count). The van der Waals surface area contributed by atoms with Crippen LogP contribution in [0.25, 0.3) is 0 Å². The van der Waals surface area contributed by atoms with Crippen molar-refractivity contribution in [1.29, 1.82) is 0 Å². The second kappa shape index (κ2) is 12.2. The average molecular weight is 551 g/mol. The molecule has 0 bridgehead atoms. The number of halogens is 1. The van der Waals surface area contributed by atoms with Crippen LogP contribution >= 0.6 is 24.0 Å². The molecule has 0 saturated carbocycles. The van der Waals surface area contributed by atoms with Crippen molar-refractivity contribution in [2.75, 3.05) is 33.2 Å². The Morgan fingerprint density at radius 1 is 1.09 bits per heavy atom. The fourth-order valence-corrected chi connectivity index (χ4v) is 4.47. The molecule has 1 aromatic carbocycles. The molecule has 1 amide bonds. The third-order valence-electron chi connectivity index (χ3n) is 6.14. The van der Waals surface area contributed by atoms with Gasteiger partial charge in [-0.1, -0.05) is 24.3 Å². The lowest BCUT2D eigenvalue weighted by molar-refractivity contribution is -0.128. The maximum absolute atomic E-state index is 11.9. The Balaban J connectivity index is 0.00000289. The van der Waals surface area contributed by atoms with Crippen LogP contribution in [-0.4, -0.2) is 54.9 Å². The molecule has 0 radical (unpaired) electrons. The van der Waals surface area contributed by atoms with Crippen molar-refractivity contribution >= 4 is 35.8 Å². The van der Waals surface area contributed by atoms with Gasteiger partial charge in [-0.05, 0) is 55.6 Å². The van der Waals surface area contributed by atoms with Crippen LogP contribution in [0.3, 0.4) is 0 Å². The summed E-state index contributed by atoms with van der Waals surface area (Å²) in [5, 5.41) is 6.88. The first-order valence-corrected chi connectivity index (χ1v) is 11.3. The van der Waals surface area contributed by atoms with Gasteiger partial charge in [-0.15, -0.1) is 24.0 Å². The number of hydrogen-bond acceptors (Lipinski definition) is 4. The number of guanidine groups is 1. The van der Waals surface area contributed by atoms with Gasteiger partial charge in [0.1, 0.15) is 5.76 Å². The van der Waals surface area contributed by atoms with Crippen molar-refractivity contribution in [3.05, 3.63) is 59.5 Å². The van der Waals surface area contributed by atoms with Crippen LogP contribution in [0.15, 0.2) is 52.1 Å². The van der Waals surface area contributed by atoms with E-state index in [2.05, 4.69) is 50.9 Å². The zero-order valence-corrected chi connectivity index (χ0v) is 21.1. The van der Waals surface area contributed by atoms with Crippen molar-refractivity contribution in [3.63, 3.8) is 0 Å². The maximum Gasteiger partial charge on any atom is 0.222 e. The van der Waals surface area contributed by atoms with Crippen LogP contribution in [0.1, 0.15) is 48.6 Å². The molecule has 2 N–H and O–H groups in total. The van der Waals surface area contributed by atoms with E-state index < -0.39 is 0 Å². The van der Waals surface area contributed by atoms with Crippen molar-refractivity contribution < 1.29 is 9.21 Å². The second-order valence-corrected chi connectivity index (χ2v) is 8.32. The van der Waals surface area contributed by atoms with Gasteiger partial charge >= 0.3 is 0 Å². The zero-order chi connectivity index (χ0) is 21.5. The lowest BCUT2D eigenvalue weighted by atomic mass is 10.1. The predicted octanol–water partition coefficient (Wildman–Crippen LogP) is 3.52. The summed E-state index contributed by atoms with van der Waals surface area (Å²) < 4.78 is 5.71. The number of amides is 1. The molecule has 2 aromatic rings. The van der Waals surface area contributed by atoms with Crippen LogP contribution in [0.5, 0.6) is 0 Å². The smallest absolute Gasteiger partial charge is 0.222 e. The summed E-state index contributed by atoms with van der Waals surface area (Å²) in [6.07, 6.45) is 5.87. The summed E-state index contributed by atoms with van der Waals surface area (Å²) in [6, 6.07) is 12.6. The lowest BCUT2D eigenvalue weighted by Crippen LogP contribution is -2.42. The Morgan fingerprint density at radius 2 is 1.91 bits per heavy atom. The van der Waals surface area contributed by atoms with Gasteiger partial charge in [-0.2, -0.15) is 0 Å². The van der Waals surface area contributed by atoms with Gasteiger partial charge in [0.05, 0.1) is 12.3 Å². The number of nitrogens with zero attached hydrogens (tertiary/aromatic N) is 3. The van der Waals surface area contributed by atoms with E-state index in [1.807, 2.05) is 11.0 Å². The molecule has 174 valence electrons. The highest BCUT2D eigenvalue weighted by atomic mass is 127. The molecule has 0 aliphatic carbocycles. The Hall–Kier alpha value is -2.07. The predicted molar refractivity (Wildman–Crippen MR) is 137 cm³/mol. The van der Waals surface area contributed by atoms with Gasteiger partial charge in [0.2, 0.25) is 5.91 Å². The molecule has 1 aromatic heterocycles. The molecule has 2 fully saturated rings. The van der Waals surface area contributed by atoms with Crippen LogP contribution < -0.4 is 10.6 Å². The highest BCUT2D eigenvalue weighted by Crippen LogP contribution is 2.24. The third-order valence-corrected chi connectivity index (χ3v) is 6.14. The minimum absolute atomic E-state index is 0. The molecule has 8 heteroatoms. The van der Waals surface area contributed by atoms with E-state index in [9.17, 15) is 4.79 Å². The summed E-state index contributed by atoms with van der Waals surface area (Å²) in [6.45, 7) is 5.18. The number of carbonyl (C=O) groups excluding carboxylic acids is 1. The molecular formula is C24H34IN5O2. The van der Waals surface area contributed by atoms with Gasteiger partial charge in [0.15, 0.2) is 5.96 Å². The SMILES string of the molecule is CN=C(NCc1cccc(CN2CCCC2=O)c1)NCC(c1ccco1)N1CCCC1.I. The van der Waals surface area contributed by atoms with E-state index in [0.717, 1.165) is 44.3 Å². The summed E-state index contributed by atoms with van der Waals surface area (Å²) in [5.74, 6) is 2.03. The van der Waals surface area contributed by atoms with Crippen molar-refractivity contribution in [2.45, 2.75) is 44.8 Å². The summed E-state index contributed by atoms with van der Waals surface area (Å²) in [4.78, 5) is 20.7. The molecular weight excluding hydrogens is 517 g/mol. The van der Waals surface area contributed by atoms with Crippen molar-refractivity contribution in [2.24, 2.45) is 4.99 Å². The van der Waals surface area contributed by atoms with Crippen molar-refractivity contribution in [3.8, 4) is 0 Å². The van der Waals surface area contributed by atoms with E-state index in [-0.39, 0.29) is 35.9 Å². The number of aliphatic imine (C=N–C) groups is 1. The number of rotatable bonds is 8. The standard InChI is InChI=1S/C24H33N5O2.HI/c1-25-24(27-17-21(22-9-6-14-31-22)28-11-2-3-12-28)26-16-19-7-4-8-20(15-19)18-29-13-5-10-23(29)30;/h4,6-9,14-15,21H,2-3,5,10-13,16-18H2,1H3,(H2,25,26,27);1H. The van der Waals surface area contributed by atoms with E-state index in [1.54, 1.807) is 13.3 Å². The number of carbonyl (C=O) groups is 1. The normalized spacial score (nSPS) is 18.0. The minimum atomic E-state index is 0.